The van der Waals surface area contributed by atoms with Crippen molar-refractivity contribution in [1.82, 2.24) is 24.5 Å². The summed E-state index contributed by atoms with van der Waals surface area (Å²) >= 11 is 18.3. The molecule has 1 amide bonds. The molecule has 4 saturated carbocycles. The Morgan fingerprint density at radius 2 is 1.85 bits per heavy atom. The molecular weight excluding hydrogens is 495 g/mol. The molecular formula is C24H25Cl3N6O. The number of amides is 1. The SMILES string of the molecule is Cc1cc(NC(=O)C23CC4CC(C2)CC(n2cnc(Cl)n2)(C4)C3)nn1Cc1ccc(Cl)c(Cl)c1. The second-order valence-corrected chi connectivity index (χ2v) is 11.6. The van der Waals surface area contributed by atoms with Crippen molar-refractivity contribution in [2.45, 2.75) is 57.5 Å². The molecule has 4 aliphatic carbocycles. The first kappa shape index (κ1) is 22.4. The van der Waals surface area contributed by atoms with Gasteiger partial charge in [-0.15, -0.1) is 5.10 Å². The lowest BCUT2D eigenvalue weighted by atomic mass is 9.46. The Hall–Kier alpha value is -2.09. The van der Waals surface area contributed by atoms with Crippen molar-refractivity contribution in [3.63, 3.8) is 0 Å². The summed E-state index contributed by atoms with van der Waals surface area (Å²) in [4.78, 5) is 17.9. The van der Waals surface area contributed by atoms with Gasteiger partial charge in [-0.05, 0) is 86.6 Å². The number of rotatable bonds is 5. The molecule has 10 heteroatoms. The highest BCUT2D eigenvalue weighted by Crippen LogP contribution is 2.64. The molecule has 1 aromatic carbocycles. The van der Waals surface area contributed by atoms with Crippen LogP contribution in [0.2, 0.25) is 15.3 Å². The third-order valence-electron chi connectivity index (χ3n) is 8.00. The van der Waals surface area contributed by atoms with Gasteiger partial charge in [0.15, 0.2) is 5.82 Å². The molecule has 4 aliphatic rings. The molecule has 2 unspecified atom stereocenters. The second kappa shape index (κ2) is 7.97. The van der Waals surface area contributed by atoms with E-state index < -0.39 is 5.41 Å². The number of aryl methyl sites for hydroxylation is 1. The molecule has 7 nitrogen and oxygen atoms in total. The fraction of sp³-hybridized carbons (Fsp3) is 0.500. The fourth-order valence-corrected chi connectivity index (χ4v) is 7.46. The van der Waals surface area contributed by atoms with Gasteiger partial charge in [-0.2, -0.15) is 5.10 Å². The van der Waals surface area contributed by atoms with E-state index in [9.17, 15) is 4.79 Å². The Bertz CT molecular complexity index is 1270. The predicted molar refractivity (Wildman–Crippen MR) is 131 cm³/mol. The van der Waals surface area contributed by atoms with Crippen molar-refractivity contribution < 1.29 is 4.79 Å². The van der Waals surface area contributed by atoms with E-state index in [4.69, 9.17) is 34.8 Å². The minimum absolute atomic E-state index is 0.0661. The lowest BCUT2D eigenvalue weighted by Gasteiger charge is -2.60. The number of nitrogens with one attached hydrogen (secondary N) is 1. The van der Waals surface area contributed by atoms with Crippen LogP contribution in [0.25, 0.3) is 0 Å². The van der Waals surface area contributed by atoms with E-state index in [1.807, 2.05) is 34.5 Å². The van der Waals surface area contributed by atoms with Crippen molar-refractivity contribution in [2.75, 3.05) is 5.32 Å². The van der Waals surface area contributed by atoms with Crippen LogP contribution in [0.3, 0.4) is 0 Å². The van der Waals surface area contributed by atoms with Gasteiger partial charge in [-0.1, -0.05) is 29.3 Å². The Morgan fingerprint density at radius 3 is 2.53 bits per heavy atom. The Labute approximate surface area is 212 Å². The largest absolute Gasteiger partial charge is 0.309 e. The van der Waals surface area contributed by atoms with Crippen molar-refractivity contribution in [1.29, 1.82) is 0 Å². The maximum Gasteiger partial charge on any atom is 0.242 e. The quantitative estimate of drug-likeness (QED) is 0.467. The molecule has 2 aromatic heterocycles. The molecule has 178 valence electrons. The van der Waals surface area contributed by atoms with E-state index in [0.717, 1.165) is 43.4 Å². The van der Waals surface area contributed by atoms with E-state index in [-0.39, 0.29) is 16.7 Å². The monoisotopic (exact) mass is 518 g/mol. The molecule has 7 rings (SSSR count). The molecule has 0 aliphatic heterocycles. The van der Waals surface area contributed by atoms with Gasteiger partial charge in [0.05, 0.1) is 27.5 Å². The van der Waals surface area contributed by atoms with Crippen molar-refractivity contribution in [3.8, 4) is 0 Å². The van der Waals surface area contributed by atoms with Crippen LogP contribution in [0.15, 0.2) is 30.6 Å². The van der Waals surface area contributed by atoms with Crippen LogP contribution in [0.1, 0.15) is 49.8 Å². The first-order valence-electron chi connectivity index (χ1n) is 11.6. The van der Waals surface area contributed by atoms with Gasteiger partial charge in [0.2, 0.25) is 11.2 Å². The predicted octanol–water partition coefficient (Wildman–Crippen LogP) is 5.73. The van der Waals surface area contributed by atoms with Crippen LogP contribution >= 0.6 is 34.8 Å². The normalized spacial score (nSPS) is 29.5. The van der Waals surface area contributed by atoms with Crippen LogP contribution in [-0.4, -0.2) is 30.5 Å². The number of carbonyl (C=O) groups is 1. The van der Waals surface area contributed by atoms with Crippen LogP contribution in [0.4, 0.5) is 5.82 Å². The maximum atomic E-state index is 13.7. The highest BCUT2D eigenvalue weighted by atomic mass is 35.5. The molecule has 2 atom stereocenters. The number of benzene rings is 1. The van der Waals surface area contributed by atoms with E-state index >= 15 is 0 Å². The van der Waals surface area contributed by atoms with E-state index in [1.54, 1.807) is 12.4 Å². The zero-order valence-corrected chi connectivity index (χ0v) is 21.0. The molecule has 34 heavy (non-hydrogen) atoms. The summed E-state index contributed by atoms with van der Waals surface area (Å²) in [5.74, 6) is 1.68. The average molecular weight is 520 g/mol. The van der Waals surface area contributed by atoms with Gasteiger partial charge in [0.1, 0.15) is 6.33 Å². The minimum atomic E-state index is -0.413. The Morgan fingerprint density at radius 1 is 1.09 bits per heavy atom. The topological polar surface area (TPSA) is 77.6 Å². The average Bonchev–Trinajstić information content (AvgIpc) is 3.36. The summed E-state index contributed by atoms with van der Waals surface area (Å²) in [6.07, 6.45) is 7.60. The standard InChI is InChI=1S/C24H25Cl3N6O/c1-14-4-20(30-32(14)11-15-2-3-18(25)19(26)6-15)29-21(34)23-7-16-5-17(8-23)10-24(9-16,12-23)33-13-28-22(27)31-33/h2-4,6,13,16-17H,5,7-12H2,1H3,(H,29,30,34). The van der Waals surface area contributed by atoms with Crippen LogP contribution in [0, 0.1) is 24.2 Å². The Balaban J connectivity index is 1.23. The zero-order valence-electron chi connectivity index (χ0n) is 18.8. The Kier molecular flexibility index (Phi) is 5.24. The summed E-state index contributed by atoms with van der Waals surface area (Å²) in [7, 11) is 0. The lowest BCUT2D eigenvalue weighted by Crippen LogP contribution is -2.60. The number of aromatic nitrogens is 5. The number of nitrogens with zero attached hydrogens (tertiary/aromatic N) is 5. The second-order valence-electron chi connectivity index (χ2n) is 10.5. The number of hydrogen-bond donors (Lipinski definition) is 1. The third-order valence-corrected chi connectivity index (χ3v) is 8.91. The molecule has 4 bridgehead atoms. The molecule has 4 fully saturated rings. The van der Waals surface area contributed by atoms with Gasteiger partial charge >= 0.3 is 0 Å². The molecule has 0 spiro atoms. The summed E-state index contributed by atoms with van der Waals surface area (Å²) in [5.41, 5.74) is 1.36. The number of hydrogen-bond acceptors (Lipinski definition) is 4. The van der Waals surface area contributed by atoms with Crippen molar-refractivity contribution in [3.05, 3.63) is 57.2 Å². The maximum absolute atomic E-state index is 13.7. The summed E-state index contributed by atoms with van der Waals surface area (Å²) in [6, 6.07) is 7.47. The van der Waals surface area contributed by atoms with Gasteiger partial charge in [-0.25, -0.2) is 9.67 Å². The molecule has 1 N–H and O–H groups in total. The van der Waals surface area contributed by atoms with Gasteiger partial charge in [0.25, 0.3) is 0 Å². The number of halogens is 3. The third kappa shape index (κ3) is 3.73. The lowest BCUT2D eigenvalue weighted by molar-refractivity contribution is -0.150. The van der Waals surface area contributed by atoms with Crippen molar-refractivity contribution in [2.24, 2.45) is 17.3 Å². The smallest absolute Gasteiger partial charge is 0.242 e. The first-order chi connectivity index (χ1) is 16.2. The number of anilines is 1. The van der Waals surface area contributed by atoms with Gasteiger partial charge in [-0.3, -0.25) is 9.48 Å². The van der Waals surface area contributed by atoms with Crippen LogP contribution in [-0.2, 0) is 16.9 Å². The summed E-state index contributed by atoms with van der Waals surface area (Å²) < 4.78 is 3.80. The molecule has 0 radical (unpaired) electrons. The van der Waals surface area contributed by atoms with E-state index in [1.165, 1.54) is 6.42 Å². The van der Waals surface area contributed by atoms with Gasteiger partial charge < -0.3 is 5.32 Å². The summed E-state index contributed by atoms with van der Waals surface area (Å²) in [6.45, 7) is 2.53. The number of carbonyl (C=O) groups excluding carboxylic acids is 1. The molecule has 2 heterocycles. The highest BCUT2D eigenvalue weighted by Gasteiger charge is 2.61. The zero-order chi connectivity index (χ0) is 23.7. The van der Waals surface area contributed by atoms with Crippen molar-refractivity contribution >= 4 is 46.5 Å². The van der Waals surface area contributed by atoms with E-state index in [2.05, 4.69) is 20.5 Å². The van der Waals surface area contributed by atoms with Gasteiger partial charge in [0, 0.05) is 11.8 Å². The minimum Gasteiger partial charge on any atom is -0.309 e. The van der Waals surface area contributed by atoms with E-state index in [0.29, 0.717) is 34.2 Å². The summed E-state index contributed by atoms with van der Waals surface area (Å²) in [5, 5.41) is 13.6. The fourth-order valence-electron chi connectivity index (χ4n) is 7.01. The molecule has 3 aromatic rings. The van der Waals surface area contributed by atoms with Crippen LogP contribution in [0.5, 0.6) is 0 Å². The first-order valence-corrected chi connectivity index (χ1v) is 12.7. The molecule has 0 saturated heterocycles. The van der Waals surface area contributed by atoms with Crippen LogP contribution < -0.4 is 5.32 Å². The highest BCUT2D eigenvalue weighted by molar-refractivity contribution is 6.42.